The van der Waals surface area contributed by atoms with E-state index in [0.29, 0.717) is 12.2 Å². The second kappa shape index (κ2) is 5.85. The Morgan fingerprint density at radius 2 is 2.21 bits per heavy atom. The number of nitrogens with one attached hydrogen (secondary N) is 1. The number of carbonyl (C=O) groups is 1. The maximum Gasteiger partial charge on any atom is 0.230 e. The number of nitrogens with two attached hydrogens (primary N) is 1. The Morgan fingerprint density at radius 3 is 2.89 bits per heavy atom. The van der Waals surface area contributed by atoms with Crippen molar-refractivity contribution >= 4 is 22.9 Å². The zero-order chi connectivity index (χ0) is 13.8. The van der Waals surface area contributed by atoms with Crippen LogP contribution in [0.2, 0.25) is 0 Å². The summed E-state index contributed by atoms with van der Waals surface area (Å²) in [6.07, 6.45) is -0.00749. The van der Waals surface area contributed by atoms with Crippen LogP contribution in [-0.2, 0) is 17.8 Å². The Balaban J connectivity index is 2.03. The Hall–Kier alpha value is -1.86. The van der Waals surface area contributed by atoms with Crippen LogP contribution in [0, 0.1) is 11.6 Å². The minimum atomic E-state index is -0.685. The number of hydrogen-bond acceptors (Lipinski definition) is 4. The normalized spacial score (nSPS) is 10.5. The number of amides is 1. The molecule has 2 aromatic rings. The predicted octanol–water partition coefficient (Wildman–Crippen LogP) is 2.06. The summed E-state index contributed by atoms with van der Waals surface area (Å²) in [4.78, 5) is 15.8. The lowest BCUT2D eigenvalue weighted by Gasteiger charge is -2.05. The van der Waals surface area contributed by atoms with Gasteiger partial charge in [0.1, 0.15) is 16.6 Å². The third-order valence-electron chi connectivity index (χ3n) is 2.32. The first-order valence-electron chi connectivity index (χ1n) is 5.46. The number of aromatic nitrogens is 1. The highest BCUT2D eigenvalue weighted by molar-refractivity contribution is 7.09. The molecule has 1 amide bonds. The van der Waals surface area contributed by atoms with Crippen LogP contribution in [-0.4, -0.2) is 10.9 Å². The number of thiazole rings is 1. The summed E-state index contributed by atoms with van der Waals surface area (Å²) < 4.78 is 26.2. The Kier molecular flexibility index (Phi) is 4.18. The molecule has 7 heteroatoms. The largest absolute Gasteiger partial charge is 0.325 e. The monoisotopic (exact) mass is 283 g/mol. The van der Waals surface area contributed by atoms with E-state index in [-0.39, 0.29) is 12.1 Å². The highest BCUT2D eigenvalue weighted by Crippen LogP contribution is 2.16. The quantitative estimate of drug-likeness (QED) is 0.902. The van der Waals surface area contributed by atoms with Crippen LogP contribution in [0.5, 0.6) is 0 Å². The van der Waals surface area contributed by atoms with Crippen molar-refractivity contribution in [2.75, 3.05) is 5.32 Å². The van der Waals surface area contributed by atoms with E-state index in [1.807, 2.05) is 0 Å². The van der Waals surface area contributed by atoms with E-state index in [9.17, 15) is 13.6 Å². The number of hydrogen-bond donors (Lipinski definition) is 2. The van der Waals surface area contributed by atoms with Gasteiger partial charge in [-0.15, -0.1) is 11.3 Å². The van der Waals surface area contributed by atoms with E-state index in [1.165, 1.54) is 11.3 Å². The van der Waals surface area contributed by atoms with Gasteiger partial charge in [-0.3, -0.25) is 4.79 Å². The fourth-order valence-corrected chi connectivity index (χ4v) is 2.15. The van der Waals surface area contributed by atoms with Gasteiger partial charge >= 0.3 is 0 Å². The van der Waals surface area contributed by atoms with Crippen molar-refractivity contribution in [3.05, 3.63) is 45.9 Å². The van der Waals surface area contributed by atoms with Crippen molar-refractivity contribution in [1.82, 2.24) is 4.98 Å². The molecule has 0 bridgehead atoms. The molecule has 1 aromatic heterocycles. The molecule has 100 valence electrons. The van der Waals surface area contributed by atoms with Gasteiger partial charge in [0.2, 0.25) is 5.91 Å². The van der Waals surface area contributed by atoms with Crippen molar-refractivity contribution in [2.24, 2.45) is 5.73 Å². The van der Waals surface area contributed by atoms with E-state index >= 15 is 0 Å². The SMILES string of the molecule is NCc1nc(CC(=O)Nc2cc(F)ccc2F)cs1. The van der Waals surface area contributed by atoms with Crippen molar-refractivity contribution < 1.29 is 13.6 Å². The average molecular weight is 283 g/mol. The average Bonchev–Trinajstić information content (AvgIpc) is 2.81. The number of benzene rings is 1. The van der Waals surface area contributed by atoms with Crippen LogP contribution in [0.1, 0.15) is 10.7 Å². The maximum atomic E-state index is 13.3. The fourth-order valence-electron chi connectivity index (χ4n) is 1.48. The molecule has 2 rings (SSSR count). The highest BCUT2D eigenvalue weighted by Gasteiger charge is 2.10. The predicted molar refractivity (Wildman–Crippen MR) is 68.7 cm³/mol. The van der Waals surface area contributed by atoms with Crippen LogP contribution in [0.25, 0.3) is 0 Å². The van der Waals surface area contributed by atoms with Gasteiger partial charge < -0.3 is 11.1 Å². The third kappa shape index (κ3) is 3.55. The number of carbonyl (C=O) groups excluding carboxylic acids is 1. The second-order valence-corrected chi connectivity index (χ2v) is 4.73. The van der Waals surface area contributed by atoms with Gasteiger partial charge in [-0.05, 0) is 12.1 Å². The van der Waals surface area contributed by atoms with E-state index < -0.39 is 17.5 Å². The molecule has 0 aliphatic carbocycles. The van der Waals surface area contributed by atoms with Crippen molar-refractivity contribution in [3.8, 4) is 0 Å². The van der Waals surface area contributed by atoms with Gasteiger partial charge in [0.05, 0.1) is 17.8 Å². The van der Waals surface area contributed by atoms with Crippen molar-refractivity contribution in [1.29, 1.82) is 0 Å². The summed E-state index contributed by atoms with van der Waals surface area (Å²) in [5.74, 6) is -1.76. The zero-order valence-electron chi connectivity index (χ0n) is 9.82. The number of anilines is 1. The van der Waals surface area contributed by atoms with Gasteiger partial charge in [-0.25, -0.2) is 13.8 Å². The van der Waals surface area contributed by atoms with E-state index in [4.69, 9.17) is 5.73 Å². The molecule has 0 spiro atoms. The van der Waals surface area contributed by atoms with E-state index in [2.05, 4.69) is 10.3 Å². The van der Waals surface area contributed by atoms with Gasteiger partial charge in [0.25, 0.3) is 0 Å². The number of halogens is 2. The molecule has 0 radical (unpaired) electrons. The topological polar surface area (TPSA) is 68.0 Å². The van der Waals surface area contributed by atoms with Gasteiger partial charge in [0, 0.05) is 18.0 Å². The van der Waals surface area contributed by atoms with E-state index in [0.717, 1.165) is 23.2 Å². The van der Waals surface area contributed by atoms with Crippen LogP contribution in [0.3, 0.4) is 0 Å². The summed E-state index contributed by atoms with van der Waals surface area (Å²) in [6, 6.07) is 2.87. The Labute approximate surface area is 112 Å². The minimum absolute atomic E-state index is 0.00749. The van der Waals surface area contributed by atoms with Crippen molar-refractivity contribution in [3.63, 3.8) is 0 Å². The second-order valence-electron chi connectivity index (χ2n) is 3.79. The molecule has 0 saturated carbocycles. The Bertz CT molecular complexity index is 600. The van der Waals surface area contributed by atoms with Gasteiger partial charge in [-0.1, -0.05) is 0 Å². The van der Waals surface area contributed by atoms with Crippen LogP contribution in [0.4, 0.5) is 14.5 Å². The molecule has 0 saturated heterocycles. The molecular formula is C12H11F2N3OS. The molecule has 0 aliphatic rings. The first kappa shape index (κ1) is 13.6. The molecule has 0 aliphatic heterocycles. The van der Waals surface area contributed by atoms with Crippen LogP contribution in [0.15, 0.2) is 23.6 Å². The molecule has 19 heavy (non-hydrogen) atoms. The number of nitrogens with zero attached hydrogens (tertiary/aromatic N) is 1. The van der Waals surface area contributed by atoms with E-state index in [1.54, 1.807) is 5.38 Å². The molecule has 1 aromatic carbocycles. The van der Waals surface area contributed by atoms with Gasteiger partial charge in [-0.2, -0.15) is 0 Å². The lowest BCUT2D eigenvalue weighted by Crippen LogP contribution is -2.15. The first-order valence-corrected chi connectivity index (χ1v) is 6.34. The standard InChI is InChI=1S/C12H11F2N3OS/c13-7-1-2-9(14)10(3-7)17-11(18)4-8-6-19-12(5-15)16-8/h1-3,6H,4-5,15H2,(H,17,18). The summed E-state index contributed by atoms with van der Waals surface area (Å²) in [6.45, 7) is 0.310. The summed E-state index contributed by atoms with van der Waals surface area (Å²) in [7, 11) is 0. The molecule has 3 N–H and O–H groups in total. The fraction of sp³-hybridized carbons (Fsp3) is 0.167. The summed E-state index contributed by atoms with van der Waals surface area (Å²) in [5.41, 5.74) is 5.78. The zero-order valence-corrected chi connectivity index (χ0v) is 10.6. The maximum absolute atomic E-state index is 13.3. The third-order valence-corrected chi connectivity index (χ3v) is 3.24. The lowest BCUT2D eigenvalue weighted by atomic mass is 10.2. The van der Waals surface area contributed by atoms with Crippen molar-refractivity contribution in [2.45, 2.75) is 13.0 Å². The minimum Gasteiger partial charge on any atom is -0.325 e. The summed E-state index contributed by atoms with van der Waals surface area (Å²) >= 11 is 1.35. The first-order chi connectivity index (χ1) is 9.08. The molecular weight excluding hydrogens is 272 g/mol. The number of rotatable bonds is 4. The molecule has 4 nitrogen and oxygen atoms in total. The van der Waals surface area contributed by atoms with Gasteiger partial charge in [0.15, 0.2) is 0 Å². The Morgan fingerprint density at radius 1 is 1.42 bits per heavy atom. The molecule has 0 fully saturated rings. The smallest absolute Gasteiger partial charge is 0.230 e. The van der Waals surface area contributed by atoms with Crippen LogP contribution < -0.4 is 11.1 Å². The molecule has 0 unspecified atom stereocenters. The van der Waals surface area contributed by atoms with Crippen LogP contribution >= 0.6 is 11.3 Å². The lowest BCUT2D eigenvalue weighted by molar-refractivity contribution is -0.115. The molecule has 0 atom stereocenters. The molecule has 1 heterocycles. The highest BCUT2D eigenvalue weighted by atomic mass is 32.1. The summed E-state index contributed by atoms with van der Waals surface area (Å²) in [5, 5.41) is 4.74.